The minimum atomic E-state index is -0.614. The third kappa shape index (κ3) is 3.25. The lowest BCUT2D eigenvalue weighted by atomic mass is 10.1. The van der Waals surface area contributed by atoms with E-state index in [0.29, 0.717) is 16.5 Å². The van der Waals surface area contributed by atoms with E-state index in [1.807, 2.05) is 41.1 Å². The molecule has 2 aromatic carbocycles. The van der Waals surface area contributed by atoms with E-state index >= 15 is 0 Å². The van der Waals surface area contributed by atoms with Gasteiger partial charge in [-0.15, -0.1) is 0 Å². The Labute approximate surface area is 169 Å². The summed E-state index contributed by atoms with van der Waals surface area (Å²) in [7, 11) is 1.86. The minimum Gasteiger partial charge on any atom is -0.391 e. The first-order valence-electron chi connectivity index (χ1n) is 9.13. The van der Waals surface area contributed by atoms with Crippen LogP contribution < -0.4 is 4.90 Å². The highest BCUT2D eigenvalue weighted by Crippen LogP contribution is 2.41. The molecule has 2 aromatic rings. The molecule has 0 saturated carbocycles. The summed E-state index contributed by atoms with van der Waals surface area (Å²) in [6.45, 7) is 2.28. The Morgan fingerprint density at radius 2 is 2.00 bits per heavy atom. The largest absolute Gasteiger partial charge is 0.391 e. The fourth-order valence-corrected chi connectivity index (χ4v) is 5.08. The first-order valence-corrected chi connectivity index (χ1v) is 9.88. The average molecular weight is 405 g/mol. The van der Waals surface area contributed by atoms with Crippen LogP contribution in [0.15, 0.2) is 36.4 Å². The zero-order valence-corrected chi connectivity index (χ0v) is 16.8. The van der Waals surface area contributed by atoms with Gasteiger partial charge in [0.25, 0.3) is 0 Å². The van der Waals surface area contributed by atoms with Gasteiger partial charge < -0.3 is 10.0 Å². The van der Waals surface area contributed by atoms with Gasteiger partial charge in [-0.3, -0.25) is 9.69 Å². The lowest BCUT2D eigenvalue weighted by Gasteiger charge is -2.30. The number of carbonyl (C=O) groups excluding carboxylic acids is 1. The molecule has 3 unspecified atom stereocenters. The van der Waals surface area contributed by atoms with Crippen molar-refractivity contribution in [1.29, 1.82) is 0 Å². The number of anilines is 1. The molecule has 0 bridgehead atoms. The van der Waals surface area contributed by atoms with Crippen LogP contribution in [-0.4, -0.2) is 41.7 Å². The van der Waals surface area contributed by atoms with Crippen LogP contribution in [0.5, 0.6) is 0 Å². The zero-order chi connectivity index (χ0) is 19.3. The summed E-state index contributed by atoms with van der Waals surface area (Å²) in [6.07, 6.45) is 0.723. The van der Waals surface area contributed by atoms with Crippen molar-refractivity contribution in [2.75, 3.05) is 18.5 Å². The fraction of sp³-hybridized carbons (Fsp3) is 0.381. The van der Waals surface area contributed by atoms with Gasteiger partial charge in [-0.05, 0) is 55.3 Å². The van der Waals surface area contributed by atoms with Gasteiger partial charge in [0.2, 0.25) is 5.91 Å². The normalized spacial score (nSPS) is 23.6. The molecule has 1 amide bonds. The molecular formula is C21H22Cl2N2O2. The number of aliphatic hydroxyl groups excluding tert-OH is 1. The molecule has 27 heavy (non-hydrogen) atoms. The molecule has 1 aliphatic carbocycles. The van der Waals surface area contributed by atoms with Crippen LogP contribution in [0.4, 0.5) is 5.69 Å². The minimum absolute atomic E-state index is 0.0312. The predicted molar refractivity (Wildman–Crippen MR) is 109 cm³/mol. The molecule has 142 valence electrons. The van der Waals surface area contributed by atoms with Crippen LogP contribution in [-0.2, 0) is 17.6 Å². The summed E-state index contributed by atoms with van der Waals surface area (Å²) in [5.74, 6) is 0.0312. The summed E-state index contributed by atoms with van der Waals surface area (Å²) in [6, 6.07) is 11.4. The van der Waals surface area contributed by atoms with Crippen molar-refractivity contribution in [2.45, 2.75) is 38.0 Å². The maximum absolute atomic E-state index is 13.1. The molecule has 0 radical (unpaired) electrons. The van der Waals surface area contributed by atoms with Gasteiger partial charge in [-0.25, -0.2) is 0 Å². The summed E-state index contributed by atoms with van der Waals surface area (Å²) in [5.41, 5.74) is 4.01. The van der Waals surface area contributed by atoms with Gasteiger partial charge >= 0.3 is 0 Å². The number of para-hydroxylation sites is 1. The van der Waals surface area contributed by atoms with Gasteiger partial charge in [0.15, 0.2) is 0 Å². The van der Waals surface area contributed by atoms with Crippen molar-refractivity contribution in [3.05, 3.63) is 63.1 Å². The van der Waals surface area contributed by atoms with E-state index in [1.165, 1.54) is 5.56 Å². The Kier molecular flexibility index (Phi) is 4.93. The molecule has 2 aliphatic rings. The molecule has 0 aromatic heterocycles. The highest BCUT2D eigenvalue weighted by Gasteiger charge is 2.38. The number of nitrogens with zero attached hydrogens (tertiary/aromatic N) is 2. The monoisotopic (exact) mass is 404 g/mol. The number of halogens is 2. The number of amides is 1. The van der Waals surface area contributed by atoms with E-state index < -0.39 is 6.10 Å². The molecule has 0 saturated heterocycles. The van der Waals surface area contributed by atoms with Gasteiger partial charge in [0.05, 0.1) is 18.7 Å². The average Bonchev–Trinajstić information content (AvgIpc) is 3.10. The molecule has 4 nitrogen and oxygen atoms in total. The lowest BCUT2D eigenvalue weighted by molar-refractivity contribution is -0.120. The van der Waals surface area contributed by atoms with Crippen LogP contribution in [0.1, 0.15) is 29.7 Å². The topological polar surface area (TPSA) is 43.8 Å². The van der Waals surface area contributed by atoms with E-state index in [0.717, 1.165) is 23.2 Å². The highest BCUT2D eigenvalue weighted by molar-refractivity contribution is 6.35. The quantitative estimate of drug-likeness (QED) is 0.844. The van der Waals surface area contributed by atoms with Crippen molar-refractivity contribution < 1.29 is 9.90 Å². The van der Waals surface area contributed by atoms with Gasteiger partial charge in [0.1, 0.15) is 0 Å². The summed E-state index contributed by atoms with van der Waals surface area (Å²) < 4.78 is 0. The van der Waals surface area contributed by atoms with E-state index in [4.69, 9.17) is 23.2 Å². The standard InChI is InChI=1S/C21H22Cl2N2O2/c1-12-7-13-5-3-4-6-18(13)25(12)20(27)11-24(2)21-16-8-14(22)9-17(23)15(16)10-19(21)26/h3-6,8-9,12,19,21,26H,7,10-11H2,1-2H3. The number of carbonyl (C=O) groups is 1. The maximum Gasteiger partial charge on any atom is 0.241 e. The van der Waals surface area contributed by atoms with Gasteiger partial charge in [0, 0.05) is 28.2 Å². The summed E-state index contributed by atoms with van der Waals surface area (Å²) in [4.78, 5) is 16.9. The SMILES string of the molecule is CC1Cc2ccccc2N1C(=O)CN(C)C1c2cc(Cl)cc(Cl)c2CC1O. The van der Waals surface area contributed by atoms with E-state index in [9.17, 15) is 9.90 Å². The maximum atomic E-state index is 13.1. The Balaban J connectivity index is 1.57. The van der Waals surface area contributed by atoms with Crippen molar-refractivity contribution in [1.82, 2.24) is 4.90 Å². The van der Waals surface area contributed by atoms with Gasteiger partial charge in [-0.2, -0.15) is 0 Å². The number of likely N-dealkylation sites (N-methyl/N-ethyl adjacent to an activating group) is 1. The van der Waals surface area contributed by atoms with Crippen LogP contribution in [0.25, 0.3) is 0 Å². The first-order chi connectivity index (χ1) is 12.9. The van der Waals surface area contributed by atoms with Crippen molar-refractivity contribution >= 4 is 34.8 Å². The Hall–Kier alpha value is -1.59. The predicted octanol–water partition coefficient (Wildman–Crippen LogP) is 3.86. The molecule has 3 atom stereocenters. The van der Waals surface area contributed by atoms with Crippen molar-refractivity contribution in [3.8, 4) is 0 Å². The first kappa shape index (κ1) is 18.8. The smallest absolute Gasteiger partial charge is 0.241 e. The number of fused-ring (bicyclic) bond motifs is 2. The number of benzene rings is 2. The Morgan fingerprint density at radius 1 is 1.26 bits per heavy atom. The molecule has 6 heteroatoms. The van der Waals surface area contributed by atoms with Crippen LogP contribution in [0.2, 0.25) is 10.0 Å². The van der Waals surface area contributed by atoms with Gasteiger partial charge in [-0.1, -0.05) is 41.4 Å². The molecule has 1 N–H and O–H groups in total. The van der Waals surface area contributed by atoms with Crippen LogP contribution in [0, 0.1) is 0 Å². The van der Waals surface area contributed by atoms with Crippen molar-refractivity contribution in [2.24, 2.45) is 0 Å². The highest BCUT2D eigenvalue weighted by atomic mass is 35.5. The number of hydrogen-bond acceptors (Lipinski definition) is 3. The molecule has 1 aliphatic heterocycles. The van der Waals surface area contributed by atoms with E-state index in [-0.39, 0.29) is 24.5 Å². The number of aliphatic hydroxyl groups is 1. The van der Waals surface area contributed by atoms with Crippen molar-refractivity contribution in [3.63, 3.8) is 0 Å². The number of rotatable bonds is 3. The second-order valence-corrected chi connectivity index (χ2v) is 8.38. The third-order valence-corrected chi connectivity index (χ3v) is 6.18. The van der Waals surface area contributed by atoms with E-state index in [1.54, 1.807) is 6.07 Å². The third-order valence-electron chi connectivity index (χ3n) is 5.63. The molecule has 4 rings (SSSR count). The molecule has 0 fully saturated rings. The fourth-order valence-electron chi connectivity index (χ4n) is 4.50. The molecule has 1 heterocycles. The Morgan fingerprint density at radius 3 is 2.78 bits per heavy atom. The zero-order valence-electron chi connectivity index (χ0n) is 15.3. The molecular weight excluding hydrogens is 383 g/mol. The Bertz CT molecular complexity index is 902. The second kappa shape index (κ2) is 7.10. The summed E-state index contributed by atoms with van der Waals surface area (Å²) >= 11 is 12.5. The summed E-state index contributed by atoms with van der Waals surface area (Å²) in [5, 5.41) is 11.7. The second-order valence-electron chi connectivity index (χ2n) is 7.53. The van der Waals surface area contributed by atoms with E-state index in [2.05, 4.69) is 13.0 Å². The lowest BCUT2D eigenvalue weighted by Crippen LogP contribution is -2.44. The van der Waals surface area contributed by atoms with Crippen LogP contribution in [0.3, 0.4) is 0 Å². The molecule has 0 spiro atoms. The number of hydrogen-bond donors (Lipinski definition) is 1. The van der Waals surface area contributed by atoms with Crippen LogP contribution >= 0.6 is 23.2 Å².